The first kappa shape index (κ1) is 21.0. The molecule has 0 saturated carbocycles. The third-order valence-corrected chi connectivity index (χ3v) is 5.16. The molecule has 164 valence electrons. The number of ether oxygens (including phenoxy) is 1. The van der Waals surface area contributed by atoms with Gasteiger partial charge in [0.1, 0.15) is 11.4 Å². The fourth-order valence-corrected chi connectivity index (χ4v) is 3.73. The van der Waals surface area contributed by atoms with E-state index in [1.807, 2.05) is 0 Å². The zero-order valence-electron chi connectivity index (χ0n) is 17.0. The summed E-state index contributed by atoms with van der Waals surface area (Å²) in [6, 6.07) is 3.80. The number of aryl methyl sites for hydroxylation is 2. The van der Waals surface area contributed by atoms with Gasteiger partial charge in [-0.25, -0.2) is 4.68 Å². The molecule has 8 nitrogen and oxygen atoms in total. The van der Waals surface area contributed by atoms with Crippen molar-refractivity contribution in [2.45, 2.75) is 38.1 Å². The van der Waals surface area contributed by atoms with Crippen LogP contribution in [0.2, 0.25) is 0 Å². The molecule has 1 N–H and O–H groups in total. The Bertz CT molecular complexity index is 1100. The van der Waals surface area contributed by atoms with Crippen LogP contribution in [0, 0.1) is 0 Å². The van der Waals surface area contributed by atoms with Gasteiger partial charge in [-0.05, 0) is 37.5 Å². The van der Waals surface area contributed by atoms with Crippen molar-refractivity contribution in [3.63, 3.8) is 0 Å². The number of hydrogen-bond acceptors (Lipinski definition) is 5. The highest BCUT2D eigenvalue weighted by Gasteiger charge is 2.33. The lowest BCUT2D eigenvalue weighted by molar-refractivity contribution is -0.141. The van der Waals surface area contributed by atoms with E-state index >= 15 is 0 Å². The van der Waals surface area contributed by atoms with Crippen LogP contribution in [-0.4, -0.2) is 37.6 Å². The number of amides is 1. The van der Waals surface area contributed by atoms with Gasteiger partial charge < -0.3 is 10.1 Å². The largest absolute Gasteiger partial charge is 0.433 e. The summed E-state index contributed by atoms with van der Waals surface area (Å²) in [5.41, 5.74) is 1.88. The van der Waals surface area contributed by atoms with Crippen LogP contribution in [0.5, 0.6) is 0 Å². The van der Waals surface area contributed by atoms with Crippen molar-refractivity contribution in [2.24, 2.45) is 7.05 Å². The molecule has 1 aliphatic rings. The second-order valence-corrected chi connectivity index (χ2v) is 7.37. The lowest BCUT2D eigenvalue weighted by Crippen LogP contribution is -2.31. The minimum absolute atomic E-state index is 0.262. The third kappa shape index (κ3) is 4.31. The first-order valence-corrected chi connectivity index (χ1v) is 9.71. The smallest absolute Gasteiger partial charge is 0.378 e. The molecule has 3 aromatic rings. The first-order chi connectivity index (χ1) is 14.8. The molecule has 0 aromatic carbocycles. The van der Waals surface area contributed by atoms with Crippen LogP contribution in [0.25, 0.3) is 5.69 Å². The zero-order chi connectivity index (χ0) is 22.2. The predicted molar refractivity (Wildman–Crippen MR) is 103 cm³/mol. The predicted octanol–water partition coefficient (Wildman–Crippen LogP) is 2.97. The molecular weight excluding hydrogens is 413 g/mol. The fraction of sp³-hybridized carbons (Fsp3) is 0.400. The summed E-state index contributed by atoms with van der Waals surface area (Å²) < 4.78 is 47.0. The monoisotopic (exact) mass is 434 g/mol. The quantitative estimate of drug-likeness (QED) is 0.667. The maximum atomic E-state index is 13.0. The van der Waals surface area contributed by atoms with Crippen LogP contribution in [0.1, 0.15) is 52.0 Å². The van der Waals surface area contributed by atoms with E-state index in [0.717, 1.165) is 29.9 Å². The molecule has 1 atom stereocenters. The van der Waals surface area contributed by atoms with Gasteiger partial charge in [-0.1, -0.05) is 0 Å². The normalized spacial score (nSPS) is 16.2. The summed E-state index contributed by atoms with van der Waals surface area (Å²) >= 11 is 0. The van der Waals surface area contributed by atoms with Crippen molar-refractivity contribution in [3.05, 3.63) is 58.9 Å². The van der Waals surface area contributed by atoms with Gasteiger partial charge in [0.25, 0.3) is 5.91 Å². The van der Waals surface area contributed by atoms with Gasteiger partial charge in [0.05, 0.1) is 29.7 Å². The van der Waals surface area contributed by atoms with Crippen molar-refractivity contribution in [3.8, 4) is 5.69 Å². The Kier molecular flexibility index (Phi) is 5.52. The van der Waals surface area contributed by atoms with E-state index in [2.05, 4.69) is 20.5 Å². The van der Waals surface area contributed by atoms with Crippen molar-refractivity contribution in [1.82, 2.24) is 29.9 Å². The summed E-state index contributed by atoms with van der Waals surface area (Å²) in [4.78, 5) is 16.2. The van der Waals surface area contributed by atoms with E-state index in [1.165, 1.54) is 15.4 Å². The van der Waals surface area contributed by atoms with Gasteiger partial charge in [-0.15, -0.1) is 0 Å². The number of halogens is 3. The Hall–Kier alpha value is -3.21. The number of rotatable bonds is 5. The zero-order valence-corrected chi connectivity index (χ0v) is 17.0. The molecule has 4 rings (SSSR count). The number of alkyl halides is 3. The molecule has 1 amide bonds. The molecule has 0 saturated heterocycles. The van der Waals surface area contributed by atoms with Crippen LogP contribution < -0.4 is 5.32 Å². The summed E-state index contributed by atoms with van der Waals surface area (Å²) in [6.07, 6.45) is 0.447. The van der Waals surface area contributed by atoms with E-state index in [-0.39, 0.29) is 17.6 Å². The van der Waals surface area contributed by atoms with E-state index in [1.54, 1.807) is 26.4 Å². The van der Waals surface area contributed by atoms with Crippen LogP contribution in [-0.2, 0) is 31.0 Å². The molecule has 1 aliphatic carbocycles. The number of nitrogens with one attached hydrogen (secondary N) is 1. The van der Waals surface area contributed by atoms with E-state index in [9.17, 15) is 18.0 Å². The molecule has 0 bridgehead atoms. The van der Waals surface area contributed by atoms with Gasteiger partial charge in [-0.2, -0.15) is 23.4 Å². The second kappa shape index (κ2) is 8.14. The lowest BCUT2D eigenvalue weighted by atomic mass is 9.93. The van der Waals surface area contributed by atoms with Gasteiger partial charge in [0.15, 0.2) is 0 Å². The average Bonchev–Trinajstić information content (AvgIpc) is 3.32. The number of fused-ring (bicyclic) bond motifs is 1. The average molecular weight is 434 g/mol. The highest BCUT2D eigenvalue weighted by Crippen LogP contribution is 2.32. The molecule has 0 radical (unpaired) electrons. The summed E-state index contributed by atoms with van der Waals surface area (Å²) in [5.74, 6) is -0.286. The van der Waals surface area contributed by atoms with E-state index in [4.69, 9.17) is 4.74 Å². The van der Waals surface area contributed by atoms with Crippen LogP contribution in [0.3, 0.4) is 0 Å². The number of pyridine rings is 1. The number of nitrogens with zero attached hydrogens (tertiary/aromatic N) is 5. The van der Waals surface area contributed by atoms with Crippen LogP contribution in [0.4, 0.5) is 13.2 Å². The van der Waals surface area contributed by atoms with E-state index in [0.29, 0.717) is 30.8 Å². The third-order valence-electron chi connectivity index (χ3n) is 5.16. The number of carbonyl (C=O) groups is 1. The Labute approximate surface area is 176 Å². The summed E-state index contributed by atoms with van der Waals surface area (Å²) in [5, 5.41) is 11.7. The minimum atomic E-state index is -4.54. The highest BCUT2D eigenvalue weighted by molar-refractivity contribution is 5.93. The maximum absolute atomic E-state index is 13.0. The van der Waals surface area contributed by atoms with Crippen molar-refractivity contribution in [2.75, 3.05) is 7.11 Å². The lowest BCUT2D eigenvalue weighted by Gasteiger charge is -2.22. The number of aromatic nitrogens is 5. The molecule has 0 unspecified atom stereocenters. The first-order valence-electron chi connectivity index (χ1n) is 9.71. The Morgan fingerprint density at radius 2 is 2.13 bits per heavy atom. The van der Waals surface area contributed by atoms with Gasteiger partial charge in [0.2, 0.25) is 0 Å². The SMILES string of the molecule is COCc1cc(C(=O)N[C@@H]2CCCc3nn(-c4ccnc(C(F)(F)F)c4)cc32)n(C)n1. The van der Waals surface area contributed by atoms with Crippen LogP contribution in [0.15, 0.2) is 30.6 Å². The molecule has 0 aliphatic heterocycles. The number of carbonyl (C=O) groups excluding carboxylic acids is 1. The van der Waals surface area contributed by atoms with Gasteiger partial charge in [0, 0.05) is 32.1 Å². The Morgan fingerprint density at radius 1 is 1.32 bits per heavy atom. The molecular formula is C20H21F3N6O2. The highest BCUT2D eigenvalue weighted by atomic mass is 19.4. The second-order valence-electron chi connectivity index (χ2n) is 7.37. The van der Waals surface area contributed by atoms with Crippen molar-refractivity contribution >= 4 is 5.91 Å². The molecule has 11 heteroatoms. The topological polar surface area (TPSA) is 86.9 Å². The van der Waals surface area contributed by atoms with Crippen LogP contribution >= 0.6 is 0 Å². The van der Waals surface area contributed by atoms with Crippen molar-refractivity contribution in [1.29, 1.82) is 0 Å². The molecule has 0 spiro atoms. The van der Waals surface area contributed by atoms with Crippen molar-refractivity contribution < 1.29 is 22.7 Å². The molecule has 3 aromatic heterocycles. The standard InChI is InChI=1S/C20H21F3N6O2/c1-28-17(8-12(26-28)11-31-2)19(30)25-15-4-3-5-16-14(15)10-29(27-16)13-6-7-24-18(9-13)20(21,22)23/h6-10,15H,3-5,11H2,1-2H3,(H,25,30)/t15-/m1/s1. The Balaban J connectivity index is 1.58. The number of methoxy groups -OCH3 is 1. The summed E-state index contributed by atoms with van der Waals surface area (Å²) in [6.45, 7) is 0.299. The van der Waals surface area contributed by atoms with Gasteiger partial charge >= 0.3 is 6.18 Å². The van der Waals surface area contributed by atoms with Gasteiger partial charge in [-0.3, -0.25) is 14.5 Å². The Morgan fingerprint density at radius 3 is 2.87 bits per heavy atom. The fourth-order valence-electron chi connectivity index (χ4n) is 3.73. The van der Waals surface area contributed by atoms with E-state index < -0.39 is 11.9 Å². The molecule has 3 heterocycles. The number of hydrogen-bond donors (Lipinski definition) is 1. The molecule has 0 fully saturated rings. The maximum Gasteiger partial charge on any atom is 0.433 e. The summed E-state index contributed by atoms with van der Waals surface area (Å²) in [7, 11) is 3.23. The molecule has 31 heavy (non-hydrogen) atoms. The minimum Gasteiger partial charge on any atom is -0.378 e.